The maximum atomic E-state index is 12.2. The Labute approximate surface area is 198 Å². The Morgan fingerprint density at radius 1 is 1.24 bits per heavy atom. The van der Waals surface area contributed by atoms with Crippen LogP contribution in [0.25, 0.3) is 0 Å². The van der Waals surface area contributed by atoms with Crippen LogP contribution in [-0.4, -0.2) is 41.7 Å². The summed E-state index contributed by atoms with van der Waals surface area (Å²) in [6, 6.07) is 11.6. The lowest BCUT2D eigenvalue weighted by Crippen LogP contribution is -2.26. The number of oxazole rings is 1. The minimum absolute atomic E-state index is 0.0314. The molecule has 2 aliphatic rings. The van der Waals surface area contributed by atoms with Gasteiger partial charge in [-0.15, -0.1) is 0 Å². The lowest BCUT2D eigenvalue weighted by molar-refractivity contribution is 0.0913. The van der Waals surface area contributed by atoms with Crippen molar-refractivity contribution in [3.8, 4) is 11.6 Å². The van der Waals surface area contributed by atoms with E-state index in [4.69, 9.17) is 19.6 Å². The van der Waals surface area contributed by atoms with Gasteiger partial charge in [-0.2, -0.15) is 0 Å². The molecular weight excluding hydrogens is 434 g/mol. The van der Waals surface area contributed by atoms with Crippen LogP contribution in [0.4, 0.5) is 11.7 Å². The molecule has 1 saturated carbocycles. The van der Waals surface area contributed by atoms with E-state index in [2.05, 4.69) is 20.2 Å². The SMILES string of the molecule is C[C@H](NC(=O)c1cnc(N)o1)c1ccc(OC2CCN(c3ccnc(OCC4CC4)c3)C2)cc1. The molecule has 2 fully saturated rings. The van der Waals surface area contributed by atoms with Gasteiger partial charge in [-0.3, -0.25) is 4.79 Å². The molecule has 2 aromatic heterocycles. The molecule has 3 N–H and O–H groups in total. The second-order valence-corrected chi connectivity index (χ2v) is 8.91. The molecule has 1 amide bonds. The molecule has 1 aliphatic heterocycles. The van der Waals surface area contributed by atoms with Crippen molar-refractivity contribution in [2.24, 2.45) is 5.92 Å². The van der Waals surface area contributed by atoms with Crippen molar-refractivity contribution >= 4 is 17.6 Å². The monoisotopic (exact) mass is 463 g/mol. The van der Waals surface area contributed by atoms with Crippen molar-refractivity contribution in [2.75, 3.05) is 30.3 Å². The first-order chi connectivity index (χ1) is 16.5. The van der Waals surface area contributed by atoms with Crippen LogP contribution < -0.4 is 25.4 Å². The van der Waals surface area contributed by atoms with Gasteiger partial charge in [0.05, 0.1) is 25.4 Å². The number of amides is 1. The van der Waals surface area contributed by atoms with Gasteiger partial charge >= 0.3 is 0 Å². The molecular formula is C25H29N5O4. The molecule has 0 bridgehead atoms. The van der Waals surface area contributed by atoms with Gasteiger partial charge in [-0.1, -0.05) is 12.1 Å². The number of benzene rings is 1. The smallest absolute Gasteiger partial charge is 0.292 e. The van der Waals surface area contributed by atoms with Crippen LogP contribution in [0.5, 0.6) is 11.6 Å². The van der Waals surface area contributed by atoms with Crippen LogP contribution in [0.3, 0.4) is 0 Å². The average molecular weight is 464 g/mol. The first-order valence-electron chi connectivity index (χ1n) is 11.7. The molecule has 1 aromatic carbocycles. The predicted octanol–water partition coefficient (Wildman–Crippen LogP) is 3.59. The summed E-state index contributed by atoms with van der Waals surface area (Å²) in [4.78, 5) is 22.6. The Balaban J connectivity index is 1.13. The highest BCUT2D eigenvalue weighted by Gasteiger charge is 2.26. The highest BCUT2D eigenvalue weighted by atomic mass is 16.5. The molecule has 9 heteroatoms. The minimum atomic E-state index is -0.361. The third-order valence-corrected chi connectivity index (χ3v) is 6.17. The van der Waals surface area contributed by atoms with Crippen molar-refractivity contribution in [1.82, 2.24) is 15.3 Å². The number of carbonyl (C=O) groups is 1. The molecule has 3 aromatic rings. The number of nitrogens with one attached hydrogen (secondary N) is 1. The van der Waals surface area contributed by atoms with Crippen LogP contribution in [0, 0.1) is 5.92 Å². The number of carbonyl (C=O) groups excluding carboxylic acids is 1. The predicted molar refractivity (Wildman–Crippen MR) is 127 cm³/mol. The molecule has 0 radical (unpaired) electrons. The third-order valence-electron chi connectivity index (χ3n) is 6.17. The fraction of sp³-hybridized carbons (Fsp3) is 0.400. The molecule has 5 rings (SSSR count). The summed E-state index contributed by atoms with van der Waals surface area (Å²) >= 11 is 0. The number of aromatic nitrogens is 2. The van der Waals surface area contributed by atoms with E-state index in [-0.39, 0.29) is 29.8 Å². The second kappa shape index (κ2) is 9.62. The number of pyridine rings is 1. The van der Waals surface area contributed by atoms with Crippen molar-refractivity contribution in [1.29, 1.82) is 0 Å². The third kappa shape index (κ3) is 5.41. The highest BCUT2D eigenvalue weighted by Crippen LogP contribution is 2.30. The van der Waals surface area contributed by atoms with E-state index in [9.17, 15) is 4.79 Å². The Kier molecular flexibility index (Phi) is 6.24. The lowest BCUT2D eigenvalue weighted by Gasteiger charge is -2.20. The van der Waals surface area contributed by atoms with Crippen molar-refractivity contribution < 1.29 is 18.7 Å². The van der Waals surface area contributed by atoms with Gasteiger partial charge in [0, 0.05) is 30.9 Å². The fourth-order valence-electron chi connectivity index (χ4n) is 3.99. The Hall–Kier alpha value is -3.75. The molecule has 0 spiro atoms. The fourth-order valence-corrected chi connectivity index (χ4v) is 3.99. The first-order valence-corrected chi connectivity index (χ1v) is 11.7. The Morgan fingerprint density at radius 3 is 2.79 bits per heavy atom. The molecule has 3 heterocycles. The number of anilines is 2. The number of nitrogens with zero attached hydrogens (tertiary/aromatic N) is 3. The molecule has 1 unspecified atom stereocenters. The maximum Gasteiger partial charge on any atom is 0.292 e. The average Bonchev–Trinajstić information content (AvgIpc) is 3.39. The summed E-state index contributed by atoms with van der Waals surface area (Å²) in [6.45, 7) is 4.39. The van der Waals surface area contributed by atoms with Crippen LogP contribution in [0.15, 0.2) is 53.2 Å². The van der Waals surface area contributed by atoms with Crippen LogP contribution in [0.2, 0.25) is 0 Å². The standard InChI is InChI=1S/C25H29N5O4/c1-16(29-24(31)22-13-28-25(26)34-22)18-4-6-20(7-5-18)33-21-9-11-30(14-21)19-8-10-27-23(12-19)32-15-17-2-3-17/h4-8,10,12-13,16-17,21H,2-3,9,11,14-15H2,1H3,(H2,26,28)(H,29,31)/t16-,21?/m0/s1. The van der Waals surface area contributed by atoms with E-state index in [1.54, 1.807) is 0 Å². The summed E-state index contributed by atoms with van der Waals surface area (Å²) < 4.78 is 17.1. The number of hydrogen-bond acceptors (Lipinski definition) is 8. The van der Waals surface area contributed by atoms with Crippen molar-refractivity contribution in [3.05, 3.63) is 60.1 Å². The minimum Gasteiger partial charge on any atom is -0.489 e. The van der Waals surface area contributed by atoms with Gasteiger partial charge in [0.25, 0.3) is 11.9 Å². The zero-order valence-electron chi connectivity index (χ0n) is 19.1. The summed E-state index contributed by atoms with van der Waals surface area (Å²) in [5.74, 6) is 1.93. The van der Waals surface area contributed by atoms with Gasteiger partial charge in [0.1, 0.15) is 11.9 Å². The summed E-state index contributed by atoms with van der Waals surface area (Å²) in [5, 5.41) is 2.87. The molecule has 2 atom stereocenters. The highest BCUT2D eigenvalue weighted by molar-refractivity contribution is 5.91. The molecule has 1 saturated heterocycles. The molecule has 178 valence electrons. The number of hydrogen-bond donors (Lipinski definition) is 2. The van der Waals surface area contributed by atoms with Crippen LogP contribution in [0.1, 0.15) is 48.3 Å². The number of rotatable bonds is 9. The number of ether oxygens (including phenoxy) is 2. The van der Waals surface area contributed by atoms with Crippen LogP contribution in [-0.2, 0) is 0 Å². The van der Waals surface area contributed by atoms with E-state index < -0.39 is 0 Å². The van der Waals surface area contributed by atoms with E-state index in [1.807, 2.05) is 49.5 Å². The lowest BCUT2D eigenvalue weighted by atomic mass is 10.1. The van der Waals surface area contributed by atoms with Crippen LogP contribution >= 0.6 is 0 Å². The Morgan fingerprint density at radius 2 is 2.06 bits per heavy atom. The first kappa shape index (κ1) is 22.1. The van der Waals surface area contributed by atoms with Gasteiger partial charge in [-0.05, 0) is 49.4 Å². The van der Waals surface area contributed by atoms with Gasteiger partial charge in [0.15, 0.2) is 0 Å². The van der Waals surface area contributed by atoms with Gasteiger partial charge in [0.2, 0.25) is 11.6 Å². The van der Waals surface area contributed by atoms with E-state index >= 15 is 0 Å². The Bertz CT molecular complexity index is 1130. The van der Waals surface area contributed by atoms with Gasteiger partial charge in [-0.25, -0.2) is 9.97 Å². The quantitative estimate of drug-likeness (QED) is 0.495. The van der Waals surface area contributed by atoms with E-state index in [1.165, 1.54) is 19.0 Å². The maximum absolute atomic E-state index is 12.2. The van der Waals surface area contributed by atoms with Crippen molar-refractivity contribution in [3.63, 3.8) is 0 Å². The van der Waals surface area contributed by atoms with E-state index in [0.29, 0.717) is 11.8 Å². The zero-order valence-corrected chi connectivity index (χ0v) is 19.1. The van der Waals surface area contributed by atoms with E-state index in [0.717, 1.165) is 43.1 Å². The van der Waals surface area contributed by atoms with Gasteiger partial charge < -0.3 is 29.8 Å². The zero-order chi connectivity index (χ0) is 23.5. The number of nitrogens with two attached hydrogens (primary N) is 1. The second-order valence-electron chi connectivity index (χ2n) is 8.91. The normalized spacial score (nSPS) is 18.5. The number of nitrogen functional groups attached to an aromatic ring is 1. The summed E-state index contributed by atoms with van der Waals surface area (Å²) in [6.07, 6.45) is 6.68. The molecule has 34 heavy (non-hydrogen) atoms. The molecule has 1 aliphatic carbocycles. The summed E-state index contributed by atoms with van der Waals surface area (Å²) in [7, 11) is 0. The largest absolute Gasteiger partial charge is 0.489 e. The summed E-state index contributed by atoms with van der Waals surface area (Å²) in [5.41, 5.74) is 7.50. The topological polar surface area (TPSA) is 116 Å². The van der Waals surface area contributed by atoms with Crippen molar-refractivity contribution in [2.45, 2.75) is 38.3 Å². The molecule has 9 nitrogen and oxygen atoms in total.